The molecule has 210 valence electrons. The quantitative estimate of drug-likeness (QED) is 0.138. The molecular weight excluding hydrogens is 561 g/mol. The second-order valence-electron chi connectivity index (χ2n) is 8.99. The number of fused-ring (bicyclic) bond motifs is 2. The zero-order chi connectivity index (χ0) is 29.0. The number of aromatic carboxylic acids is 1. The number of benzene rings is 1. The summed E-state index contributed by atoms with van der Waals surface area (Å²) in [5, 5.41) is 39.7. The molecule has 15 nitrogen and oxygen atoms in total. The molecule has 1 aromatic carbocycles. The van der Waals surface area contributed by atoms with Crippen LogP contribution in [0.1, 0.15) is 16.1 Å². The summed E-state index contributed by atoms with van der Waals surface area (Å²) in [4.78, 5) is 47.1. The highest BCUT2D eigenvalue weighted by molar-refractivity contribution is 6.28. The number of furan rings is 1. The summed E-state index contributed by atoms with van der Waals surface area (Å²) in [6.45, 7) is -1.60. The molecule has 1 aliphatic rings. The number of ether oxygens (including phenoxy) is 2. The molecule has 3 atom stereocenters. The van der Waals surface area contributed by atoms with Gasteiger partial charge in [0.25, 0.3) is 5.60 Å². The molecule has 3 aromatic heterocycles. The molecular formula is C23H19ClFN5O10. The minimum absolute atomic E-state index is 0.00848. The van der Waals surface area contributed by atoms with Gasteiger partial charge < -0.3 is 40.1 Å². The molecule has 4 aromatic rings. The number of hydrogen-bond donors (Lipinski definition) is 5. The Kier molecular flexibility index (Phi) is 6.57. The molecule has 1 aliphatic heterocycles. The maximum absolute atomic E-state index is 16.1. The Balaban J connectivity index is 1.39. The van der Waals surface area contributed by atoms with Gasteiger partial charge in [0, 0.05) is 11.8 Å². The predicted octanol–water partition coefficient (Wildman–Crippen LogP) is 1.06. The van der Waals surface area contributed by atoms with Gasteiger partial charge in [-0.25, -0.2) is 23.8 Å². The van der Waals surface area contributed by atoms with E-state index >= 15 is 4.39 Å². The molecule has 1 saturated heterocycles. The maximum atomic E-state index is 16.1. The van der Waals surface area contributed by atoms with Crippen LogP contribution in [0.3, 0.4) is 0 Å². The van der Waals surface area contributed by atoms with E-state index in [2.05, 4.69) is 15.0 Å². The molecule has 0 radical (unpaired) electrons. The van der Waals surface area contributed by atoms with Crippen molar-refractivity contribution in [2.24, 2.45) is 0 Å². The number of carboxylic acids is 3. The number of rotatable bonds is 9. The Morgan fingerprint density at radius 3 is 2.62 bits per heavy atom. The van der Waals surface area contributed by atoms with Gasteiger partial charge in [0.1, 0.15) is 29.9 Å². The number of alkyl halides is 1. The van der Waals surface area contributed by atoms with E-state index in [-0.39, 0.29) is 44.6 Å². The van der Waals surface area contributed by atoms with Crippen LogP contribution < -0.4 is 5.73 Å². The van der Waals surface area contributed by atoms with Crippen LogP contribution in [-0.4, -0.2) is 88.9 Å². The number of aliphatic hydroxyl groups is 1. The van der Waals surface area contributed by atoms with Crippen molar-refractivity contribution in [1.29, 1.82) is 0 Å². The SMILES string of the molecule is Nc1nc(Cl)nc2c1ncn2[C@@]1(F)CO[C@H](COC(Cc2ccc3oc(C(=O)O)cc3c2)(C(=O)O)C(=O)O)[C@H]1O. The van der Waals surface area contributed by atoms with E-state index < -0.39 is 61.1 Å². The predicted molar refractivity (Wildman–Crippen MR) is 130 cm³/mol. The summed E-state index contributed by atoms with van der Waals surface area (Å²) in [7, 11) is 0. The van der Waals surface area contributed by atoms with Crippen molar-refractivity contribution in [1.82, 2.24) is 19.5 Å². The average molecular weight is 580 g/mol. The summed E-state index contributed by atoms with van der Waals surface area (Å²) in [6.07, 6.45) is -3.21. The third-order valence-electron chi connectivity index (χ3n) is 6.53. The van der Waals surface area contributed by atoms with Gasteiger partial charge in [-0.2, -0.15) is 9.97 Å². The number of nitrogen functional groups attached to an aromatic ring is 1. The first kappa shape index (κ1) is 27.2. The number of nitrogens with zero attached hydrogens (tertiary/aromatic N) is 4. The number of imidazole rings is 1. The van der Waals surface area contributed by atoms with Crippen LogP contribution in [-0.2, 0) is 31.3 Å². The van der Waals surface area contributed by atoms with E-state index in [1.54, 1.807) is 0 Å². The van der Waals surface area contributed by atoms with Crippen molar-refractivity contribution in [3.63, 3.8) is 0 Å². The van der Waals surface area contributed by atoms with Gasteiger partial charge in [-0.1, -0.05) is 6.07 Å². The fraction of sp³-hybridized carbons (Fsp3) is 0.304. The number of aliphatic carboxylic acids is 2. The van der Waals surface area contributed by atoms with Gasteiger partial charge in [-0.3, -0.25) is 4.57 Å². The van der Waals surface area contributed by atoms with Crippen LogP contribution in [0.4, 0.5) is 10.2 Å². The minimum Gasteiger partial charge on any atom is -0.479 e. The normalized spacial score (nSPS) is 21.3. The standard InChI is InChI=1S/C23H19ClFN5O10/c24-21-28-16(26)14-17(29-21)30(8-27-14)23(25)7-38-13(15(23)31)6-39-22(19(34)35,20(36)37)5-9-1-2-11-10(3-9)4-12(40-11)18(32)33/h1-4,8,13,15,31H,5-7H2,(H,32,33)(H,34,35)(H,36,37)(H2,26,28,29)/t13-,15-,23+/m1/s1. The molecule has 0 amide bonds. The summed E-state index contributed by atoms with van der Waals surface area (Å²) in [5.74, 6) is -8.26. The van der Waals surface area contributed by atoms with Gasteiger partial charge in [0.2, 0.25) is 16.8 Å². The fourth-order valence-corrected chi connectivity index (χ4v) is 4.61. The lowest BCUT2D eigenvalue weighted by atomic mass is 9.93. The van der Waals surface area contributed by atoms with Crippen LogP contribution in [0.15, 0.2) is 35.0 Å². The molecule has 40 heavy (non-hydrogen) atoms. The topological polar surface area (TPSA) is 233 Å². The summed E-state index contributed by atoms with van der Waals surface area (Å²) < 4.78 is 32.7. The van der Waals surface area contributed by atoms with Gasteiger partial charge in [0.05, 0.1) is 12.9 Å². The lowest BCUT2D eigenvalue weighted by Crippen LogP contribution is -2.53. The number of aliphatic hydroxyl groups excluding tert-OH is 1. The van der Waals surface area contributed by atoms with E-state index in [0.717, 1.165) is 10.9 Å². The smallest absolute Gasteiger partial charge is 0.371 e. The molecule has 4 heterocycles. The van der Waals surface area contributed by atoms with Crippen LogP contribution in [0, 0.1) is 0 Å². The highest BCUT2D eigenvalue weighted by Crippen LogP contribution is 2.37. The Hall–Kier alpha value is -4.38. The molecule has 1 fully saturated rings. The minimum atomic E-state index is -2.88. The zero-order valence-electron chi connectivity index (χ0n) is 20.0. The lowest BCUT2D eigenvalue weighted by molar-refractivity contribution is -0.188. The van der Waals surface area contributed by atoms with E-state index in [9.17, 15) is 29.7 Å². The third kappa shape index (κ3) is 4.36. The summed E-state index contributed by atoms with van der Waals surface area (Å²) in [5.41, 5.74) is 3.06. The molecule has 5 rings (SSSR count). The highest BCUT2D eigenvalue weighted by atomic mass is 35.5. The van der Waals surface area contributed by atoms with E-state index in [1.165, 1.54) is 24.3 Å². The highest BCUT2D eigenvalue weighted by Gasteiger charge is 2.55. The van der Waals surface area contributed by atoms with Crippen molar-refractivity contribution in [3.8, 4) is 0 Å². The first-order chi connectivity index (χ1) is 18.9. The fourth-order valence-electron chi connectivity index (χ4n) is 4.44. The van der Waals surface area contributed by atoms with Gasteiger partial charge in [-0.05, 0) is 35.4 Å². The first-order valence-electron chi connectivity index (χ1n) is 11.4. The van der Waals surface area contributed by atoms with Crippen LogP contribution in [0.2, 0.25) is 5.28 Å². The Morgan fingerprint density at radius 2 is 1.95 bits per heavy atom. The number of nitrogens with two attached hydrogens (primary N) is 1. The van der Waals surface area contributed by atoms with Gasteiger partial charge in [0.15, 0.2) is 11.5 Å². The summed E-state index contributed by atoms with van der Waals surface area (Å²) >= 11 is 5.82. The molecule has 0 saturated carbocycles. The maximum Gasteiger partial charge on any atom is 0.371 e. The molecule has 0 spiro atoms. The van der Waals surface area contributed by atoms with Crippen molar-refractivity contribution >= 4 is 57.5 Å². The number of carbonyl (C=O) groups is 3. The second-order valence-corrected chi connectivity index (χ2v) is 9.33. The first-order valence-corrected chi connectivity index (χ1v) is 11.7. The number of halogens is 2. The van der Waals surface area contributed by atoms with E-state index in [0.29, 0.717) is 0 Å². The van der Waals surface area contributed by atoms with Crippen LogP contribution in [0.5, 0.6) is 0 Å². The van der Waals surface area contributed by atoms with Crippen molar-refractivity contribution in [2.75, 3.05) is 18.9 Å². The van der Waals surface area contributed by atoms with E-state index in [1.807, 2.05) is 0 Å². The van der Waals surface area contributed by atoms with Crippen LogP contribution >= 0.6 is 11.6 Å². The Bertz CT molecular complexity index is 1660. The third-order valence-corrected chi connectivity index (χ3v) is 6.70. The Labute approximate surface area is 226 Å². The van der Waals surface area contributed by atoms with Gasteiger partial charge >= 0.3 is 17.9 Å². The second kappa shape index (κ2) is 9.67. The molecule has 0 bridgehead atoms. The largest absolute Gasteiger partial charge is 0.479 e. The van der Waals surface area contributed by atoms with Crippen LogP contribution in [0.25, 0.3) is 22.1 Å². The van der Waals surface area contributed by atoms with E-state index in [4.69, 9.17) is 36.3 Å². The number of aromatic nitrogens is 4. The Morgan fingerprint density at radius 1 is 1.23 bits per heavy atom. The lowest BCUT2D eigenvalue weighted by Gasteiger charge is -2.29. The number of carboxylic acid groups (broad SMARTS) is 3. The summed E-state index contributed by atoms with van der Waals surface area (Å²) in [6, 6.07) is 5.24. The molecule has 6 N–H and O–H groups in total. The molecule has 0 aliphatic carbocycles. The number of anilines is 1. The van der Waals surface area contributed by atoms with Gasteiger partial charge in [-0.15, -0.1) is 0 Å². The average Bonchev–Trinajstić information content (AvgIpc) is 3.58. The monoisotopic (exact) mass is 579 g/mol. The van der Waals surface area contributed by atoms with Crippen molar-refractivity contribution < 1.29 is 53.1 Å². The molecule has 17 heteroatoms. The van der Waals surface area contributed by atoms with Crippen molar-refractivity contribution in [3.05, 3.63) is 47.2 Å². The van der Waals surface area contributed by atoms with Crippen molar-refractivity contribution in [2.45, 2.75) is 30.0 Å². The zero-order valence-corrected chi connectivity index (χ0v) is 20.8. The number of hydrogen-bond acceptors (Lipinski definition) is 11. The molecule has 0 unspecified atom stereocenters.